The van der Waals surface area contributed by atoms with Gasteiger partial charge in [0.2, 0.25) is 5.91 Å². The summed E-state index contributed by atoms with van der Waals surface area (Å²) in [4.78, 5) is 16.1. The third kappa shape index (κ3) is 3.42. The van der Waals surface area contributed by atoms with Crippen LogP contribution in [-0.4, -0.2) is 28.2 Å². The maximum absolute atomic E-state index is 12.1. The van der Waals surface area contributed by atoms with Crippen molar-refractivity contribution in [1.82, 2.24) is 15.2 Å². The molecule has 2 aromatic rings. The molecule has 0 aromatic carbocycles. The van der Waals surface area contributed by atoms with Crippen molar-refractivity contribution in [1.29, 1.82) is 0 Å². The zero-order valence-corrected chi connectivity index (χ0v) is 11.8. The van der Waals surface area contributed by atoms with Gasteiger partial charge in [0.25, 0.3) is 0 Å². The fourth-order valence-electron chi connectivity index (χ4n) is 1.54. The van der Waals surface area contributed by atoms with Crippen molar-refractivity contribution in [3.63, 3.8) is 0 Å². The van der Waals surface area contributed by atoms with Gasteiger partial charge in [-0.1, -0.05) is 11.6 Å². The highest BCUT2D eigenvalue weighted by molar-refractivity contribution is 6.29. The zero-order valence-electron chi connectivity index (χ0n) is 11.0. The van der Waals surface area contributed by atoms with Crippen LogP contribution in [0.25, 0.3) is 0 Å². The molecule has 0 bridgehead atoms. The molecular weight excluding hydrogens is 280 g/mol. The molecule has 1 unspecified atom stereocenters. The quantitative estimate of drug-likeness (QED) is 0.935. The Morgan fingerprint density at radius 3 is 2.80 bits per heavy atom. The Morgan fingerprint density at radius 2 is 2.15 bits per heavy atom. The van der Waals surface area contributed by atoms with E-state index in [1.165, 1.54) is 7.11 Å². The smallest absolute Gasteiger partial charge is 0.233 e. The number of amides is 1. The van der Waals surface area contributed by atoms with Crippen LogP contribution in [0.3, 0.4) is 0 Å². The van der Waals surface area contributed by atoms with E-state index in [2.05, 4.69) is 20.5 Å². The second kappa shape index (κ2) is 6.29. The summed E-state index contributed by atoms with van der Waals surface area (Å²) in [5, 5.41) is 10.6. The monoisotopic (exact) mass is 292 g/mol. The van der Waals surface area contributed by atoms with Gasteiger partial charge in [-0.05, 0) is 19.1 Å². The number of carbonyl (C=O) groups is 1. The number of halogens is 1. The first kappa shape index (κ1) is 14.2. The molecule has 2 heterocycles. The molecule has 7 heteroatoms. The van der Waals surface area contributed by atoms with E-state index in [4.69, 9.17) is 16.3 Å². The summed E-state index contributed by atoms with van der Waals surface area (Å²) in [6.07, 6.45) is 3.10. The van der Waals surface area contributed by atoms with Crippen LogP contribution in [0.2, 0.25) is 5.15 Å². The summed E-state index contributed by atoms with van der Waals surface area (Å²) >= 11 is 5.66. The first-order valence-electron chi connectivity index (χ1n) is 5.89. The maximum Gasteiger partial charge on any atom is 0.233 e. The van der Waals surface area contributed by atoms with Crippen LogP contribution >= 0.6 is 11.6 Å². The molecule has 0 spiro atoms. The second-order valence-corrected chi connectivity index (χ2v) is 4.49. The van der Waals surface area contributed by atoms with Gasteiger partial charge in [-0.25, -0.2) is 0 Å². The van der Waals surface area contributed by atoms with Crippen LogP contribution in [0.4, 0.5) is 5.69 Å². The van der Waals surface area contributed by atoms with Crippen molar-refractivity contribution in [3.8, 4) is 5.75 Å². The van der Waals surface area contributed by atoms with Gasteiger partial charge in [0, 0.05) is 6.07 Å². The molecule has 6 nitrogen and oxygen atoms in total. The van der Waals surface area contributed by atoms with Gasteiger partial charge in [0.15, 0.2) is 5.15 Å². The molecule has 1 amide bonds. The van der Waals surface area contributed by atoms with E-state index in [0.717, 1.165) is 0 Å². The predicted octanol–water partition coefficient (Wildman–Crippen LogP) is 2.28. The average Bonchev–Trinajstić information content (AvgIpc) is 2.47. The van der Waals surface area contributed by atoms with Crippen LogP contribution in [0.5, 0.6) is 5.75 Å². The number of rotatable bonds is 4. The lowest BCUT2D eigenvalue weighted by Crippen LogP contribution is -2.20. The molecule has 20 heavy (non-hydrogen) atoms. The fourth-order valence-corrected chi connectivity index (χ4v) is 1.64. The Hall–Kier alpha value is -2.21. The molecular formula is C13H13ClN4O2. The highest BCUT2D eigenvalue weighted by Gasteiger charge is 2.17. The highest BCUT2D eigenvalue weighted by atomic mass is 35.5. The van der Waals surface area contributed by atoms with Gasteiger partial charge >= 0.3 is 0 Å². The number of aromatic nitrogens is 3. The van der Waals surface area contributed by atoms with Crippen LogP contribution < -0.4 is 10.1 Å². The standard InChI is InChI=1S/C13H13ClN4O2/c1-8(11-3-4-12(14)18-17-11)13(19)16-9-5-10(20-2)7-15-6-9/h3-8H,1-2H3,(H,16,19). The Bertz CT molecular complexity index is 604. The lowest BCUT2D eigenvalue weighted by atomic mass is 10.1. The number of hydrogen-bond donors (Lipinski definition) is 1. The van der Waals surface area contributed by atoms with E-state index in [1.54, 1.807) is 37.5 Å². The molecule has 0 fully saturated rings. The molecule has 1 N–H and O–H groups in total. The Labute approximate surface area is 121 Å². The van der Waals surface area contributed by atoms with E-state index in [9.17, 15) is 4.79 Å². The van der Waals surface area contributed by atoms with Crippen LogP contribution in [-0.2, 0) is 4.79 Å². The summed E-state index contributed by atoms with van der Waals surface area (Å²) in [6.45, 7) is 1.74. The second-order valence-electron chi connectivity index (χ2n) is 4.11. The van der Waals surface area contributed by atoms with Gasteiger partial charge in [0.05, 0.1) is 36.8 Å². The number of pyridine rings is 1. The summed E-state index contributed by atoms with van der Waals surface area (Å²) in [5.74, 6) is -0.0932. The topological polar surface area (TPSA) is 77.0 Å². The summed E-state index contributed by atoms with van der Waals surface area (Å²) in [5.41, 5.74) is 1.10. The third-order valence-corrected chi connectivity index (χ3v) is 2.91. The van der Waals surface area contributed by atoms with Gasteiger partial charge in [-0.2, -0.15) is 5.10 Å². The minimum absolute atomic E-state index is 0.211. The molecule has 2 rings (SSSR count). The molecule has 0 radical (unpaired) electrons. The molecule has 1 atom stereocenters. The number of methoxy groups -OCH3 is 1. The Balaban J connectivity index is 2.09. The fraction of sp³-hybridized carbons (Fsp3) is 0.231. The van der Waals surface area contributed by atoms with Crippen LogP contribution in [0.1, 0.15) is 18.5 Å². The van der Waals surface area contributed by atoms with Crippen molar-refractivity contribution in [2.75, 3.05) is 12.4 Å². The van der Waals surface area contributed by atoms with E-state index in [1.807, 2.05) is 0 Å². The number of anilines is 1. The minimum Gasteiger partial charge on any atom is -0.495 e. The average molecular weight is 293 g/mol. The summed E-state index contributed by atoms with van der Waals surface area (Å²) < 4.78 is 5.04. The third-order valence-electron chi connectivity index (χ3n) is 2.71. The first-order chi connectivity index (χ1) is 9.60. The van der Waals surface area contributed by atoms with Crippen LogP contribution in [0.15, 0.2) is 30.6 Å². The molecule has 104 valence electrons. The summed E-state index contributed by atoms with van der Waals surface area (Å²) in [7, 11) is 1.54. The molecule has 0 saturated carbocycles. The summed E-state index contributed by atoms with van der Waals surface area (Å²) in [6, 6.07) is 4.95. The number of hydrogen-bond acceptors (Lipinski definition) is 5. The van der Waals surface area contributed by atoms with Crippen molar-refractivity contribution in [2.24, 2.45) is 0 Å². The van der Waals surface area contributed by atoms with Gasteiger partial charge in [-0.3, -0.25) is 9.78 Å². The van der Waals surface area contributed by atoms with Crippen LogP contribution in [0, 0.1) is 0 Å². The normalized spacial score (nSPS) is 11.8. The van der Waals surface area contributed by atoms with Gasteiger partial charge < -0.3 is 10.1 Å². The predicted molar refractivity (Wildman–Crippen MR) is 74.9 cm³/mol. The number of ether oxygens (including phenoxy) is 1. The lowest BCUT2D eigenvalue weighted by Gasteiger charge is -2.11. The van der Waals surface area contributed by atoms with Crippen molar-refractivity contribution >= 4 is 23.2 Å². The highest BCUT2D eigenvalue weighted by Crippen LogP contribution is 2.18. The molecule has 0 saturated heterocycles. The largest absolute Gasteiger partial charge is 0.495 e. The number of nitrogens with zero attached hydrogens (tertiary/aromatic N) is 3. The SMILES string of the molecule is COc1cncc(NC(=O)C(C)c2ccc(Cl)nn2)c1. The molecule has 0 aliphatic carbocycles. The van der Waals surface area contributed by atoms with Crippen molar-refractivity contribution < 1.29 is 9.53 Å². The Kier molecular flexibility index (Phi) is 4.47. The van der Waals surface area contributed by atoms with E-state index >= 15 is 0 Å². The first-order valence-corrected chi connectivity index (χ1v) is 6.27. The van der Waals surface area contributed by atoms with Crippen molar-refractivity contribution in [3.05, 3.63) is 41.4 Å². The van der Waals surface area contributed by atoms with E-state index in [-0.39, 0.29) is 5.91 Å². The molecule has 0 aliphatic rings. The van der Waals surface area contributed by atoms with E-state index in [0.29, 0.717) is 22.3 Å². The Morgan fingerprint density at radius 1 is 1.35 bits per heavy atom. The van der Waals surface area contributed by atoms with Gasteiger partial charge in [-0.15, -0.1) is 5.10 Å². The molecule has 2 aromatic heterocycles. The van der Waals surface area contributed by atoms with E-state index < -0.39 is 5.92 Å². The maximum atomic E-state index is 12.1. The number of carbonyl (C=O) groups excluding carboxylic acids is 1. The molecule has 0 aliphatic heterocycles. The minimum atomic E-state index is -0.453. The van der Waals surface area contributed by atoms with Crippen molar-refractivity contribution in [2.45, 2.75) is 12.8 Å². The number of nitrogens with one attached hydrogen (secondary N) is 1. The lowest BCUT2D eigenvalue weighted by molar-refractivity contribution is -0.117. The zero-order chi connectivity index (χ0) is 14.5. The van der Waals surface area contributed by atoms with Gasteiger partial charge in [0.1, 0.15) is 5.75 Å².